The monoisotopic (exact) mass is 308 g/mol. The van der Waals surface area contributed by atoms with E-state index in [1.807, 2.05) is 36.4 Å². The van der Waals surface area contributed by atoms with E-state index < -0.39 is 18.2 Å². The maximum absolute atomic E-state index is 11.4. The van der Waals surface area contributed by atoms with E-state index in [9.17, 15) is 9.90 Å². The molecule has 0 amide bonds. The number of esters is 1. The van der Waals surface area contributed by atoms with Gasteiger partial charge in [0.05, 0.1) is 5.03 Å². The zero-order valence-electron chi connectivity index (χ0n) is 10.2. The first-order valence-electron chi connectivity index (χ1n) is 6.01. The van der Waals surface area contributed by atoms with Crippen LogP contribution in [0, 0.1) is 0 Å². The minimum absolute atomic E-state index is 0.0390. The summed E-state index contributed by atoms with van der Waals surface area (Å²) < 4.78 is 5.02. The van der Waals surface area contributed by atoms with Gasteiger partial charge in [0, 0.05) is 0 Å². The van der Waals surface area contributed by atoms with E-state index >= 15 is 0 Å². The Balaban J connectivity index is 2.06. The minimum Gasteiger partial charge on any atom is -0.449 e. The molecule has 3 rings (SSSR count). The van der Waals surface area contributed by atoms with Crippen molar-refractivity contribution in [3.63, 3.8) is 0 Å². The molecule has 1 aliphatic rings. The number of ether oxygens (including phenoxy) is 1. The van der Waals surface area contributed by atoms with Crippen molar-refractivity contribution in [3.8, 4) is 0 Å². The largest absolute Gasteiger partial charge is 0.449 e. The molecule has 1 N–H and O–H groups in total. The Labute approximate surface area is 125 Å². The lowest BCUT2D eigenvalue weighted by Gasteiger charge is -2.19. The Morgan fingerprint density at radius 3 is 2.50 bits per heavy atom. The molecule has 0 bridgehead atoms. The van der Waals surface area contributed by atoms with Crippen molar-refractivity contribution in [1.82, 2.24) is 0 Å². The van der Waals surface area contributed by atoms with Gasteiger partial charge in [0.2, 0.25) is 0 Å². The van der Waals surface area contributed by atoms with E-state index in [2.05, 4.69) is 0 Å². The number of hydrogen-bond donors (Lipinski definition) is 1. The molecule has 0 saturated heterocycles. The van der Waals surface area contributed by atoms with Gasteiger partial charge in [0.1, 0.15) is 11.1 Å². The SMILES string of the molecule is O=C1O[C@H]([C@H](O)c2cccc3ccccc23)C(Cl)=C1Cl. The van der Waals surface area contributed by atoms with Crippen LogP contribution in [0.4, 0.5) is 0 Å². The Kier molecular flexibility index (Phi) is 3.42. The van der Waals surface area contributed by atoms with Crippen LogP contribution in [0.25, 0.3) is 10.8 Å². The van der Waals surface area contributed by atoms with Crippen molar-refractivity contribution in [2.24, 2.45) is 0 Å². The Morgan fingerprint density at radius 2 is 1.80 bits per heavy atom. The summed E-state index contributed by atoms with van der Waals surface area (Å²) >= 11 is 11.7. The number of carbonyl (C=O) groups excluding carboxylic acids is 1. The Morgan fingerprint density at radius 1 is 1.10 bits per heavy atom. The molecule has 0 radical (unpaired) electrons. The highest BCUT2D eigenvalue weighted by atomic mass is 35.5. The second-order valence-electron chi connectivity index (χ2n) is 4.50. The van der Waals surface area contributed by atoms with E-state index in [0.29, 0.717) is 5.56 Å². The van der Waals surface area contributed by atoms with E-state index in [0.717, 1.165) is 10.8 Å². The number of carbonyl (C=O) groups is 1. The van der Waals surface area contributed by atoms with Gasteiger partial charge in [-0.2, -0.15) is 0 Å². The Hall–Kier alpha value is -1.55. The summed E-state index contributed by atoms with van der Waals surface area (Å²) in [5.41, 5.74) is 0.644. The molecule has 102 valence electrons. The first-order valence-corrected chi connectivity index (χ1v) is 6.77. The molecule has 0 saturated carbocycles. The topological polar surface area (TPSA) is 46.5 Å². The number of cyclic esters (lactones) is 1. The first kappa shape index (κ1) is 13.4. The molecule has 0 unspecified atom stereocenters. The highest BCUT2D eigenvalue weighted by Gasteiger charge is 2.38. The molecule has 0 aliphatic carbocycles. The molecule has 2 aromatic rings. The van der Waals surface area contributed by atoms with Gasteiger partial charge in [-0.25, -0.2) is 4.79 Å². The normalized spacial score (nSPS) is 20.4. The maximum atomic E-state index is 11.4. The molecule has 0 spiro atoms. The zero-order chi connectivity index (χ0) is 14.3. The summed E-state index contributed by atoms with van der Waals surface area (Å²) in [6.45, 7) is 0. The van der Waals surface area contributed by atoms with Crippen LogP contribution < -0.4 is 0 Å². The van der Waals surface area contributed by atoms with Crippen molar-refractivity contribution in [2.45, 2.75) is 12.2 Å². The molecule has 1 aliphatic heterocycles. The van der Waals surface area contributed by atoms with Gasteiger partial charge in [0.15, 0.2) is 6.10 Å². The highest BCUT2D eigenvalue weighted by Crippen LogP contribution is 2.37. The maximum Gasteiger partial charge on any atom is 0.351 e. The van der Waals surface area contributed by atoms with Crippen LogP contribution in [0.2, 0.25) is 0 Å². The average molecular weight is 309 g/mol. The van der Waals surface area contributed by atoms with Crippen LogP contribution in [0.3, 0.4) is 0 Å². The van der Waals surface area contributed by atoms with Crippen molar-refractivity contribution in [1.29, 1.82) is 0 Å². The van der Waals surface area contributed by atoms with E-state index in [1.54, 1.807) is 6.07 Å². The van der Waals surface area contributed by atoms with E-state index in [1.165, 1.54) is 0 Å². The number of aliphatic hydroxyl groups is 1. The summed E-state index contributed by atoms with van der Waals surface area (Å²) in [7, 11) is 0. The lowest BCUT2D eigenvalue weighted by atomic mass is 9.97. The van der Waals surface area contributed by atoms with Crippen LogP contribution in [0.15, 0.2) is 52.5 Å². The number of benzene rings is 2. The smallest absolute Gasteiger partial charge is 0.351 e. The first-order chi connectivity index (χ1) is 9.59. The molecule has 0 aromatic heterocycles. The summed E-state index contributed by atoms with van der Waals surface area (Å²) in [5.74, 6) is -0.707. The lowest BCUT2D eigenvalue weighted by molar-refractivity contribution is -0.143. The van der Waals surface area contributed by atoms with Crippen molar-refractivity contribution < 1.29 is 14.6 Å². The predicted octanol–water partition coefficient (Wildman–Crippen LogP) is 3.49. The number of halogens is 2. The van der Waals surface area contributed by atoms with Crippen molar-refractivity contribution in [2.75, 3.05) is 0 Å². The molecule has 2 atom stereocenters. The van der Waals surface area contributed by atoms with Gasteiger partial charge in [-0.1, -0.05) is 65.7 Å². The van der Waals surface area contributed by atoms with Gasteiger partial charge < -0.3 is 9.84 Å². The van der Waals surface area contributed by atoms with E-state index in [4.69, 9.17) is 27.9 Å². The average Bonchev–Trinajstić information content (AvgIpc) is 2.73. The van der Waals surface area contributed by atoms with Crippen LogP contribution in [-0.4, -0.2) is 17.2 Å². The highest BCUT2D eigenvalue weighted by molar-refractivity contribution is 6.48. The van der Waals surface area contributed by atoms with Gasteiger partial charge in [-0.3, -0.25) is 0 Å². The third kappa shape index (κ3) is 2.08. The summed E-state index contributed by atoms with van der Waals surface area (Å²) in [4.78, 5) is 11.4. The number of hydrogen-bond acceptors (Lipinski definition) is 3. The predicted molar refractivity (Wildman–Crippen MR) is 77.5 cm³/mol. The fraction of sp³-hybridized carbons (Fsp3) is 0.133. The molecule has 1 heterocycles. The van der Waals surface area contributed by atoms with Crippen LogP contribution in [-0.2, 0) is 9.53 Å². The lowest BCUT2D eigenvalue weighted by Crippen LogP contribution is -2.20. The van der Waals surface area contributed by atoms with E-state index in [-0.39, 0.29) is 10.1 Å². The summed E-state index contributed by atoms with van der Waals surface area (Å²) in [6, 6.07) is 13.2. The number of fused-ring (bicyclic) bond motifs is 1. The van der Waals surface area contributed by atoms with Crippen molar-refractivity contribution >= 4 is 39.9 Å². The third-order valence-corrected chi connectivity index (χ3v) is 4.16. The summed E-state index contributed by atoms with van der Waals surface area (Å²) in [6.07, 6.45) is -2.02. The molecule has 20 heavy (non-hydrogen) atoms. The molecular formula is C15H10Cl2O3. The third-order valence-electron chi connectivity index (χ3n) is 3.30. The van der Waals surface area contributed by atoms with Crippen LogP contribution in [0.1, 0.15) is 11.7 Å². The van der Waals surface area contributed by atoms with Gasteiger partial charge in [-0.15, -0.1) is 0 Å². The minimum atomic E-state index is -1.06. The number of aliphatic hydroxyl groups excluding tert-OH is 1. The molecule has 2 aromatic carbocycles. The quantitative estimate of drug-likeness (QED) is 0.864. The fourth-order valence-corrected chi connectivity index (χ4v) is 2.71. The van der Waals surface area contributed by atoms with Gasteiger partial charge in [-0.05, 0) is 16.3 Å². The van der Waals surface area contributed by atoms with Gasteiger partial charge in [0.25, 0.3) is 0 Å². The second kappa shape index (κ2) is 5.09. The second-order valence-corrected chi connectivity index (χ2v) is 5.29. The van der Waals surface area contributed by atoms with Crippen LogP contribution in [0.5, 0.6) is 0 Å². The standard InChI is InChI=1S/C15H10Cl2O3/c16-11-12(17)15(19)20-14(11)13(18)10-7-3-5-8-4-1-2-6-9(8)10/h1-7,13-14,18H/t13-,14+/m1/s1. The Bertz CT molecular complexity index is 719. The fourth-order valence-electron chi connectivity index (χ4n) is 2.32. The zero-order valence-corrected chi connectivity index (χ0v) is 11.7. The molecule has 3 nitrogen and oxygen atoms in total. The van der Waals surface area contributed by atoms with Crippen LogP contribution >= 0.6 is 23.2 Å². The molecule has 0 fully saturated rings. The molecule has 5 heteroatoms. The number of rotatable bonds is 2. The van der Waals surface area contributed by atoms with Gasteiger partial charge >= 0.3 is 5.97 Å². The molecular weight excluding hydrogens is 299 g/mol. The summed E-state index contributed by atoms with van der Waals surface area (Å²) in [5, 5.41) is 12.2. The van der Waals surface area contributed by atoms with Crippen molar-refractivity contribution in [3.05, 3.63) is 58.1 Å².